The standard InChI is InChI=1S/C7H7BClNO3/c9-6-3-4(8(12)13)1-2-5(6)7(10)11/h1-3,12-13H,(H2,10,11). The molecule has 0 saturated carbocycles. The molecule has 1 aromatic carbocycles. The van der Waals surface area contributed by atoms with E-state index in [4.69, 9.17) is 27.4 Å². The van der Waals surface area contributed by atoms with Crippen molar-refractivity contribution in [2.45, 2.75) is 0 Å². The van der Waals surface area contributed by atoms with Gasteiger partial charge in [-0.15, -0.1) is 0 Å². The van der Waals surface area contributed by atoms with Gasteiger partial charge in [-0.3, -0.25) is 4.79 Å². The van der Waals surface area contributed by atoms with E-state index in [2.05, 4.69) is 0 Å². The second-order valence-electron chi connectivity index (χ2n) is 2.48. The molecule has 4 nitrogen and oxygen atoms in total. The molecule has 0 aromatic heterocycles. The minimum atomic E-state index is -1.60. The number of rotatable bonds is 2. The number of hydrogen-bond acceptors (Lipinski definition) is 3. The molecule has 0 heterocycles. The Bertz CT molecular complexity index is 343. The van der Waals surface area contributed by atoms with E-state index in [-0.39, 0.29) is 16.0 Å². The topological polar surface area (TPSA) is 83.6 Å². The van der Waals surface area contributed by atoms with Gasteiger partial charge in [-0.1, -0.05) is 17.7 Å². The zero-order valence-electron chi connectivity index (χ0n) is 6.57. The van der Waals surface area contributed by atoms with Crippen molar-refractivity contribution in [2.75, 3.05) is 0 Å². The van der Waals surface area contributed by atoms with Gasteiger partial charge < -0.3 is 15.8 Å². The van der Waals surface area contributed by atoms with Crippen molar-refractivity contribution in [3.63, 3.8) is 0 Å². The fourth-order valence-corrected chi connectivity index (χ4v) is 1.17. The number of halogens is 1. The van der Waals surface area contributed by atoms with Crippen molar-refractivity contribution in [2.24, 2.45) is 5.73 Å². The van der Waals surface area contributed by atoms with Crippen LogP contribution in [0.5, 0.6) is 0 Å². The Kier molecular flexibility index (Phi) is 2.92. The number of nitrogens with two attached hydrogens (primary N) is 1. The van der Waals surface area contributed by atoms with Gasteiger partial charge in [-0.05, 0) is 17.6 Å². The third-order valence-electron chi connectivity index (χ3n) is 1.56. The average Bonchev–Trinajstić information content (AvgIpc) is 2.03. The Hall–Kier alpha value is -1.04. The van der Waals surface area contributed by atoms with E-state index < -0.39 is 13.0 Å². The molecule has 1 rings (SSSR count). The first-order chi connectivity index (χ1) is 6.02. The van der Waals surface area contributed by atoms with E-state index in [1.807, 2.05) is 0 Å². The third kappa shape index (κ3) is 2.21. The van der Waals surface area contributed by atoms with E-state index in [1.54, 1.807) is 0 Å². The van der Waals surface area contributed by atoms with Gasteiger partial charge in [-0.25, -0.2) is 0 Å². The molecule has 0 bridgehead atoms. The largest absolute Gasteiger partial charge is 0.488 e. The summed E-state index contributed by atoms with van der Waals surface area (Å²) in [5.41, 5.74) is 5.37. The summed E-state index contributed by atoms with van der Waals surface area (Å²) >= 11 is 5.65. The zero-order chi connectivity index (χ0) is 10.0. The molecule has 1 aromatic rings. The van der Waals surface area contributed by atoms with Gasteiger partial charge in [-0.2, -0.15) is 0 Å². The highest BCUT2D eigenvalue weighted by Crippen LogP contribution is 2.12. The van der Waals surface area contributed by atoms with Gasteiger partial charge in [0.2, 0.25) is 5.91 Å². The van der Waals surface area contributed by atoms with Gasteiger partial charge in [0.1, 0.15) is 0 Å². The maximum Gasteiger partial charge on any atom is 0.488 e. The van der Waals surface area contributed by atoms with Crippen molar-refractivity contribution in [3.05, 3.63) is 28.8 Å². The summed E-state index contributed by atoms with van der Waals surface area (Å²) in [7, 11) is -1.60. The predicted octanol–water partition coefficient (Wildman–Crippen LogP) is -0.881. The normalized spacial score (nSPS) is 9.77. The van der Waals surface area contributed by atoms with Gasteiger partial charge in [0.05, 0.1) is 10.6 Å². The maximum atomic E-state index is 10.7. The first-order valence-corrected chi connectivity index (χ1v) is 3.85. The highest BCUT2D eigenvalue weighted by atomic mass is 35.5. The molecule has 4 N–H and O–H groups in total. The molecular formula is C7H7BClNO3. The maximum absolute atomic E-state index is 10.7. The summed E-state index contributed by atoms with van der Waals surface area (Å²) in [5, 5.41) is 17.6. The lowest BCUT2D eigenvalue weighted by Crippen LogP contribution is -2.30. The number of carbonyl (C=O) groups is 1. The quantitative estimate of drug-likeness (QED) is 0.541. The summed E-state index contributed by atoms with van der Waals surface area (Å²) in [6, 6.07) is 4.00. The van der Waals surface area contributed by atoms with Crippen LogP contribution in [-0.2, 0) is 0 Å². The monoisotopic (exact) mass is 199 g/mol. The highest BCUT2D eigenvalue weighted by Gasteiger charge is 2.14. The van der Waals surface area contributed by atoms with Crippen molar-refractivity contribution in [3.8, 4) is 0 Å². The van der Waals surface area contributed by atoms with Crippen LogP contribution in [0.2, 0.25) is 5.02 Å². The lowest BCUT2D eigenvalue weighted by atomic mass is 9.80. The minimum Gasteiger partial charge on any atom is -0.423 e. The summed E-state index contributed by atoms with van der Waals surface area (Å²) in [4.78, 5) is 10.7. The van der Waals surface area contributed by atoms with Crippen LogP contribution in [0.15, 0.2) is 18.2 Å². The van der Waals surface area contributed by atoms with Crippen molar-refractivity contribution in [1.29, 1.82) is 0 Å². The molecule has 6 heteroatoms. The van der Waals surface area contributed by atoms with Gasteiger partial charge in [0.15, 0.2) is 0 Å². The van der Waals surface area contributed by atoms with Crippen LogP contribution in [0.3, 0.4) is 0 Å². The average molecular weight is 199 g/mol. The Morgan fingerprint density at radius 3 is 2.46 bits per heavy atom. The third-order valence-corrected chi connectivity index (χ3v) is 1.87. The van der Waals surface area contributed by atoms with Crippen LogP contribution in [-0.4, -0.2) is 23.1 Å². The van der Waals surface area contributed by atoms with E-state index in [0.717, 1.165) is 0 Å². The summed E-state index contributed by atoms with van der Waals surface area (Å²) in [6.45, 7) is 0. The molecule has 0 aliphatic rings. The number of benzene rings is 1. The molecule has 68 valence electrons. The van der Waals surface area contributed by atoms with Crippen molar-refractivity contribution >= 4 is 30.1 Å². The van der Waals surface area contributed by atoms with E-state index in [9.17, 15) is 4.79 Å². The van der Waals surface area contributed by atoms with Crippen molar-refractivity contribution < 1.29 is 14.8 Å². The van der Waals surface area contributed by atoms with Gasteiger partial charge >= 0.3 is 7.12 Å². The van der Waals surface area contributed by atoms with Crippen LogP contribution in [0.1, 0.15) is 10.4 Å². The molecule has 0 saturated heterocycles. The summed E-state index contributed by atoms with van der Waals surface area (Å²) in [5.74, 6) is -0.649. The molecule has 0 unspecified atom stereocenters. The first-order valence-electron chi connectivity index (χ1n) is 3.47. The fraction of sp³-hybridized carbons (Fsp3) is 0. The second kappa shape index (κ2) is 3.78. The van der Waals surface area contributed by atoms with Crippen LogP contribution in [0, 0.1) is 0 Å². The van der Waals surface area contributed by atoms with Crippen molar-refractivity contribution in [1.82, 2.24) is 0 Å². The van der Waals surface area contributed by atoms with Crippen LogP contribution >= 0.6 is 11.6 Å². The minimum absolute atomic E-state index is 0.109. The Morgan fingerprint density at radius 2 is 2.08 bits per heavy atom. The fourth-order valence-electron chi connectivity index (χ4n) is 0.892. The Morgan fingerprint density at radius 1 is 1.46 bits per heavy atom. The zero-order valence-corrected chi connectivity index (χ0v) is 7.32. The van der Waals surface area contributed by atoms with Crippen LogP contribution in [0.4, 0.5) is 0 Å². The number of amides is 1. The van der Waals surface area contributed by atoms with Crippen LogP contribution < -0.4 is 11.2 Å². The van der Waals surface area contributed by atoms with Crippen LogP contribution in [0.25, 0.3) is 0 Å². The lowest BCUT2D eigenvalue weighted by molar-refractivity contribution is 0.100. The smallest absolute Gasteiger partial charge is 0.423 e. The van der Waals surface area contributed by atoms with E-state index >= 15 is 0 Å². The first kappa shape index (κ1) is 10.0. The molecule has 0 spiro atoms. The van der Waals surface area contributed by atoms with Gasteiger partial charge in [0, 0.05) is 0 Å². The molecular weight excluding hydrogens is 192 g/mol. The lowest BCUT2D eigenvalue weighted by Gasteiger charge is -2.02. The number of hydrogen-bond donors (Lipinski definition) is 3. The Balaban J connectivity index is 3.13. The summed E-state index contributed by atoms with van der Waals surface area (Å²) in [6.07, 6.45) is 0. The second-order valence-corrected chi connectivity index (χ2v) is 2.88. The number of carbonyl (C=O) groups excluding carboxylic acids is 1. The SMILES string of the molecule is NC(=O)c1ccc(B(O)O)cc1Cl. The molecule has 13 heavy (non-hydrogen) atoms. The molecule has 0 atom stereocenters. The molecule has 0 fully saturated rings. The molecule has 0 aliphatic heterocycles. The predicted molar refractivity (Wildman–Crippen MR) is 49.8 cm³/mol. The highest BCUT2D eigenvalue weighted by molar-refractivity contribution is 6.59. The molecule has 0 radical (unpaired) electrons. The summed E-state index contributed by atoms with van der Waals surface area (Å²) < 4.78 is 0. The molecule has 0 aliphatic carbocycles. The van der Waals surface area contributed by atoms with Gasteiger partial charge in [0.25, 0.3) is 0 Å². The number of primary amides is 1. The Labute approximate surface area is 80.1 Å². The van der Waals surface area contributed by atoms with E-state index in [1.165, 1.54) is 18.2 Å². The van der Waals surface area contributed by atoms with E-state index in [0.29, 0.717) is 0 Å². The molecule has 1 amide bonds.